The Labute approximate surface area is 206 Å². The van der Waals surface area contributed by atoms with E-state index < -0.39 is 6.16 Å². The maximum atomic E-state index is 12.5. The van der Waals surface area contributed by atoms with E-state index in [1.807, 2.05) is 12.1 Å². The zero-order valence-corrected chi connectivity index (χ0v) is 21.7. The maximum absolute atomic E-state index is 12.5. The molecule has 190 valence electrons. The van der Waals surface area contributed by atoms with Gasteiger partial charge >= 0.3 is 6.16 Å². The summed E-state index contributed by atoms with van der Waals surface area (Å²) in [6.07, 6.45) is 14.7. The summed E-state index contributed by atoms with van der Waals surface area (Å²) >= 11 is 0. The van der Waals surface area contributed by atoms with Gasteiger partial charge in [0.05, 0.1) is 6.61 Å². The van der Waals surface area contributed by atoms with Crippen LogP contribution in [0.15, 0.2) is 18.2 Å². The Morgan fingerprint density at radius 2 is 1.79 bits per heavy atom. The lowest BCUT2D eigenvalue weighted by atomic mass is 9.53. The van der Waals surface area contributed by atoms with Crippen LogP contribution in [-0.2, 0) is 15.9 Å². The number of rotatable bonds is 10. The van der Waals surface area contributed by atoms with Crippen LogP contribution in [0.4, 0.5) is 4.79 Å². The molecule has 0 bridgehead atoms. The third-order valence-corrected chi connectivity index (χ3v) is 9.43. The van der Waals surface area contributed by atoms with Crippen LogP contribution in [0.1, 0.15) is 115 Å². The molecule has 0 spiro atoms. The van der Waals surface area contributed by atoms with Gasteiger partial charge in [0.1, 0.15) is 11.9 Å². The van der Waals surface area contributed by atoms with Crippen molar-refractivity contribution in [2.75, 3.05) is 6.61 Å². The largest absolute Gasteiger partial charge is 0.508 e. The van der Waals surface area contributed by atoms with Crippen LogP contribution in [0.5, 0.6) is 5.75 Å². The Kier molecular flexibility index (Phi) is 8.47. The van der Waals surface area contributed by atoms with Crippen LogP contribution in [0.2, 0.25) is 0 Å². The van der Waals surface area contributed by atoms with E-state index >= 15 is 0 Å². The monoisotopic (exact) mass is 470 g/mol. The van der Waals surface area contributed by atoms with E-state index in [4.69, 9.17) is 9.47 Å². The number of fused-ring (bicyclic) bond motifs is 5. The predicted molar refractivity (Wildman–Crippen MR) is 136 cm³/mol. The fourth-order valence-electron chi connectivity index (χ4n) is 7.65. The number of hydrogen-bond donors (Lipinski definition) is 1. The topological polar surface area (TPSA) is 55.8 Å². The fourth-order valence-corrected chi connectivity index (χ4v) is 7.65. The number of carbonyl (C=O) groups excluding carboxylic acids is 1. The molecule has 0 heterocycles. The third kappa shape index (κ3) is 5.41. The molecule has 4 rings (SSSR count). The van der Waals surface area contributed by atoms with Crippen molar-refractivity contribution in [3.63, 3.8) is 0 Å². The van der Waals surface area contributed by atoms with Crippen molar-refractivity contribution in [2.45, 2.75) is 116 Å². The lowest BCUT2D eigenvalue weighted by Gasteiger charge is -2.52. The molecule has 1 aromatic rings. The summed E-state index contributed by atoms with van der Waals surface area (Å²) in [5, 5.41) is 9.96. The Hall–Kier alpha value is -1.71. The van der Waals surface area contributed by atoms with Crippen molar-refractivity contribution >= 4 is 6.16 Å². The van der Waals surface area contributed by atoms with Gasteiger partial charge in [-0.25, -0.2) is 4.79 Å². The second kappa shape index (κ2) is 11.4. The molecule has 0 aromatic heterocycles. The van der Waals surface area contributed by atoms with Crippen LogP contribution in [0.3, 0.4) is 0 Å². The molecule has 2 saturated carbocycles. The number of benzene rings is 1. The lowest BCUT2D eigenvalue weighted by molar-refractivity contribution is -0.0618. The highest BCUT2D eigenvalue weighted by molar-refractivity contribution is 5.60. The molecule has 34 heavy (non-hydrogen) atoms. The van der Waals surface area contributed by atoms with Crippen molar-refractivity contribution < 1.29 is 19.4 Å². The van der Waals surface area contributed by atoms with E-state index in [0.717, 1.165) is 44.9 Å². The van der Waals surface area contributed by atoms with Gasteiger partial charge in [0.15, 0.2) is 0 Å². The number of phenols is 1. The average molecular weight is 471 g/mol. The van der Waals surface area contributed by atoms with E-state index in [1.54, 1.807) is 0 Å². The molecule has 2 fully saturated rings. The highest BCUT2D eigenvalue weighted by atomic mass is 16.7. The Balaban J connectivity index is 1.26. The van der Waals surface area contributed by atoms with Gasteiger partial charge in [0.2, 0.25) is 0 Å². The molecule has 4 heteroatoms. The number of phenolic OH excluding ortho intramolecular Hbond substituents is 1. The smallest absolute Gasteiger partial charge is 0.508 e. The van der Waals surface area contributed by atoms with Crippen LogP contribution >= 0.6 is 0 Å². The summed E-state index contributed by atoms with van der Waals surface area (Å²) < 4.78 is 11.4. The van der Waals surface area contributed by atoms with Crippen molar-refractivity contribution in [1.82, 2.24) is 0 Å². The second-order valence-corrected chi connectivity index (χ2v) is 11.7. The zero-order valence-electron chi connectivity index (χ0n) is 21.7. The summed E-state index contributed by atoms with van der Waals surface area (Å²) in [6.45, 7) is 7.46. The summed E-state index contributed by atoms with van der Waals surface area (Å²) in [5.41, 5.74) is 2.81. The zero-order chi connectivity index (χ0) is 24.1. The second-order valence-electron chi connectivity index (χ2n) is 11.7. The fraction of sp³-hybridized carbons (Fsp3) is 0.767. The first-order valence-corrected chi connectivity index (χ1v) is 14.1. The molecule has 6 unspecified atom stereocenters. The molecule has 0 aliphatic heterocycles. The highest BCUT2D eigenvalue weighted by Crippen LogP contribution is 2.62. The minimum atomic E-state index is -0.463. The minimum absolute atomic E-state index is 0.0297. The Bertz CT molecular complexity index is 820. The van der Waals surface area contributed by atoms with Gasteiger partial charge in [-0.05, 0) is 85.5 Å². The van der Waals surface area contributed by atoms with Gasteiger partial charge in [-0.3, -0.25) is 0 Å². The van der Waals surface area contributed by atoms with Gasteiger partial charge in [-0.2, -0.15) is 0 Å². The molecule has 0 radical (unpaired) electrons. The van der Waals surface area contributed by atoms with Crippen LogP contribution in [0, 0.1) is 23.2 Å². The van der Waals surface area contributed by atoms with Gasteiger partial charge in [-0.1, -0.05) is 71.8 Å². The van der Waals surface area contributed by atoms with E-state index in [-0.39, 0.29) is 11.5 Å². The van der Waals surface area contributed by atoms with Gasteiger partial charge in [0.25, 0.3) is 0 Å². The quantitative estimate of drug-likeness (QED) is 0.277. The van der Waals surface area contributed by atoms with E-state index in [2.05, 4.69) is 26.8 Å². The standard InChI is InChI=1S/C30H46O4/c1-4-5-6-7-8-9-10-11-18-33-29(32)34-27-15-14-26-28-21(2)19-22-20-23(31)12-13-24(22)25(28)16-17-30(26,27)3/h12-13,20-21,25-28,31H,4-11,14-19H2,1-3H3. The molecule has 4 nitrogen and oxygen atoms in total. The normalized spacial score (nSPS) is 31.9. The van der Waals surface area contributed by atoms with E-state index in [9.17, 15) is 9.90 Å². The molecule has 1 aromatic carbocycles. The number of carbonyl (C=O) groups is 1. The van der Waals surface area contributed by atoms with Gasteiger partial charge in [0, 0.05) is 5.41 Å². The first-order valence-electron chi connectivity index (χ1n) is 14.1. The number of hydrogen-bond acceptors (Lipinski definition) is 4. The summed E-state index contributed by atoms with van der Waals surface area (Å²) in [4.78, 5) is 12.5. The van der Waals surface area contributed by atoms with Crippen molar-refractivity contribution in [3.8, 4) is 5.75 Å². The molecular weight excluding hydrogens is 424 g/mol. The minimum Gasteiger partial charge on any atom is -0.508 e. The Morgan fingerprint density at radius 3 is 2.56 bits per heavy atom. The summed E-state index contributed by atoms with van der Waals surface area (Å²) in [7, 11) is 0. The van der Waals surface area contributed by atoms with Gasteiger partial charge in [-0.15, -0.1) is 0 Å². The molecule has 1 N–H and O–H groups in total. The number of unbranched alkanes of at least 4 members (excludes halogenated alkanes) is 7. The maximum Gasteiger partial charge on any atom is 0.508 e. The molecule has 0 saturated heterocycles. The number of aromatic hydroxyl groups is 1. The number of ether oxygens (including phenoxy) is 2. The average Bonchev–Trinajstić information content (AvgIpc) is 3.13. The SMILES string of the molecule is CCCCCCCCCCOC(=O)OC1CCC2C3C(C)Cc4cc(O)ccc4C3CCC12C. The third-order valence-electron chi connectivity index (χ3n) is 9.43. The molecule has 3 aliphatic rings. The van der Waals surface area contributed by atoms with Crippen molar-refractivity contribution in [2.24, 2.45) is 23.2 Å². The van der Waals surface area contributed by atoms with Crippen LogP contribution < -0.4 is 0 Å². The first-order chi connectivity index (χ1) is 16.4. The van der Waals surface area contributed by atoms with E-state index in [1.165, 1.54) is 49.7 Å². The van der Waals surface area contributed by atoms with Crippen molar-refractivity contribution in [1.29, 1.82) is 0 Å². The van der Waals surface area contributed by atoms with Crippen LogP contribution in [-0.4, -0.2) is 24.0 Å². The first kappa shape index (κ1) is 25.4. The van der Waals surface area contributed by atoms with E-state index in [0.29, 0.717) is 36.0 Å². The summed E-state index contributed by atoms with van der Waals surface area (Å²) in [5.74, 6) is 2.72. The lowest BCUT2D eigenvalue weighted by Crippen LogP contribution is -2.47. The summed E-state index contributed by atoms with van der Waals surface area (Å²) in [6, 6.07) is 5.98. The molecule has 6 atom stereocenters. The van der Waals surface area contributed by atoms with Crippen molar-refractivity contribution in [3.05, 3.63) is 29.3 Å². The molecule has 3 aliphatic carbocycles. The predicted octanol–water partition coefficient (Wildman–Crippen LogP) is 8.16. The molecule has 0 amide bonds. The van der Waals surface area contributed by atoms with Crippen LogP contribution in [0.25, 0.3) is 0 Å². The molecular formula is C30H46O4. The highest BCUT2D eigenvalue weighted by Gasteiger charge is 2.57. The Morgan fingerprint density at radius 1 is 1.06 bits per heavy atom. The van der Waals surface area contributed by atoms with Gasteiger partial charge < -0.3 is 14.6 Å².